The molecule has 2 heterocycles. The number of rotatable bonds is 4. The molecule has 4 N–H and O–H groups in total. The van der Waals surface area contributed by atoms with E-state index in [1.807, 2.05) is 19.9 Å². The van der Waals surface area contributed by atoms with Gasteiger partial charge in [0.25, 0.3) is 5.19 Å². The molecule has 0 bridgehead atoms. The molecule has 7 nitrogen and oxygen atoms in total. The number of thiazole rings is 1. The van der Waals surface area contributed by atoms with Crippen LogP contribution in [0.15, 0.2) is 23.5 Å². The molecule has 1 aromatic heterocycles. The predicted octanol–water partition coefficient (Wildman–Crippen LogP) is 1.51. The second kappa shape index (κ2) is 6.19. The van der Waals surface area contributed by atoms with E-state index >= 15 is 0 Å². The number of aryl methyl sites for hydroxylation is 1. The molecule has 2 aromatic rings. The lowest BCUT2D eigenvalue weighted by molar-refractivity contribution is 0.186. The van der Waals surface area contributed by atoms with Crippen molar-refractivity contribution in [3.8, 4) is 10.9 Å². The van der Waals surface area contributed by atoms with Crippen LogP contribution in [-0.4, -0.2) is 28.2 Å². The summed E-state index contributed by atoms with van der Waals surface area (Å²) in [6.45, 7) is 3.97. The fraction of sp³-hybridized carbons (Fsp3) is 0.286. The molecule has 120 valence electrons. The quantitative estimate of drug-likeness (QED) is 0.257. The topological polar surface area (TPSA) is 110 Å². The van der Waals surface area contributed by atoms with Crippen LogP contribution in [0, 0.1) is 6.92 Å². The zero-order valence-electron chi connectivity index (χ0n) is 12.7. The summed E-state index contributed by atoms with van der Waals surface area (Å²) in [5.74, 6) is 0.540. The largest absolute Gasteiger partial charge is 0.492 e. The standard InChI is InChI=1S/C14H16BN3O4S/c1-3-10-12-7(2)4-8(5-9(12)15(19)22-10)21-14-17-6-11(23-14)13(16)18-20/h4-6,10,19-20H,3H2,1-2H3,(H2,16,18). The number of hydrogen-bond acceptors (Lipinski definition) is 7. The van der Waals surface area contributed by atoms with Crippen molar-refractivity contribution >= 4 is 29.8 Å². The van der Waals surface area contributed by atoms with Gasteiger partial charge in [-0.3, -0.25) is 0 Å². The number of hydrogen-bond donors (Lipinski definition) is 3. The van der Waals surface area contributed by atoms with E-state index in [2.05, 4.69) is 10.1 Å². The van der Waals surface area contributed by atoms with Gasteiger partial charge in [-0.15, -0.1) is 0 Å². The summed E-state index contributed by atoms with van der Waals surface area (Å²) >= 11 is 1.16. The molecule has 0 spiro atoms. The summed E-state index contributed by atoms with van der Waals surface area (Å²) in [5, 5.41) is 22.0. The van der Waals surface area contributed by atoms with E-state index in [-0.39, 0.29) is 11.9 Å². The molecule has 23 heavy (non-hydrogen) atoms. The number of nitrogens with two attached hydrogens (primary N) is 1. The van der Waals surface area contributed by atoms with E-state index in [4.69, 9.17) is 20.3 Å². The molecule has 0 saturated heterocycles. The van der Waals surface area contributed by atoms with Crippen molar-refractivity contribution in [3.63, 3.8) is 0 Å². The first-order chi connectivity index (χ1) is 11.0. The maximum absolute atomic E-state index is 10.1. The highest BCUT2D eigenvalue weighted by Gasteiger charge is 2.35. The molecule has 1 atom stereocenters. The predicted molar refractivity (Wildman–Crippen MR) is 87.6 cm³/mol. The average Bonchev–Trinajstić information content (AvgIpc) is 3.12. The van der Waals surface area contributed by atoms with Gasteiger partial charge in [0.1, 0.15) is 5.75 Å². The minimum atomic E-state index is -0.943. The Morgan fingerprint density at radius 3 is 3.04 bits per heavy atom. The highest BCUT2D eigenvalue weighted by atomic mass is 32.1. The van der Waals surface area contributed by atoms with Gasteiger partial charge in [0.15, 0.2) is 5.84 Å². The van der Waals surface area contributed by atoms with Gasteiger partial charge in [0.05, 0.1) is 17.2 Å². The third-order valence-corrected chi connectivity index (χ3v) is 4.59. The van der Waals surface area contributed by atoms with Crippen LogP contribution in [0.1, 0.15) is 35.5 Å². The third kappa shape index (κ3) is 2.90. The summed E-state index contributed by atoms with van der Waals surface area (Å²) in [4.78, 5) is 4.59. The number of aromatic nitrogens is 1. The molecular weight excluding hydrogens is 317 g/mol. The Hall–Kier alpha value is -2.10. The first-order valence-corrected chi connectivity index (χ1v) is 7.94. The number of nitrogens with zero attached hydrogens (tertiary/aromatic N) is 2. The monoisotopic (exact) mass is 333 g/mol. The molecule has 0 amide bonds. The Morgan fingerprint density at radius 2 is 2.35 bits per heavy atom. The average molecular weight is 333 g/mol. The van der Waals surface area contributed by atoms with Crippen molar-refractivity contribution in [2.45, 2.75) is 26.4 Å². The van der Waals surface area contributed by atoms with Gasteiger partial charge in [0, 0.05) is 0 Å². The minimum Gasteiger partial charge on any atom is -0.431 e. The first-order valence-electron chi connectivity index (χ1n) is 7.13. The molecule has 9 heteroatoms. The lowest BCUT2D eigenvalue weighted by atomic mass is 9.78. The van der Waals surface area contributed by atoms with Gasteiger partial charge in [0.2, 0.25) is 0 Å². The van der Waals surface area contributed by atoms with Crippen LogP contribution in [0.25, 0.3) is 0 Å². The molecule has 0 radical (unpaired) electrons. The number of fused-ring (bicyclic) bond motifs is 1. The van der Waals surface area contributed by atoms with Gasteiger partial charge in [-0.05, 0) is 42.1 Å². The van der Waals surface area contributed by atoms with Gasteiger partial charge < -0.3 is 25.4 Å². The Bertz CT molecular complexity index is 764. The second-order valence-corrected chi connectivity index (χ2v) is 6.20. The van der Waals surface area contributed by atoms with Gasteiger partial charge in [-0.25, -0.2) is 4.98 Å². The van der Waals surface area contributed by atoms with Crippen LogP contribution in [-0.2, 0) is 4.65 Å². The zero-order chi connectivity index (χ0) is 16.6. The van der Waals surface area contributed by atoms with Crippen LogP contribution < -0.4 is 15.9 Å². The maximum atomic E-state index is 10.1. The lowest BCUT2D eigenvalue weighted by Crippen LogP contribution is -2.28. The Balaban J connectivity index is 1.89. The van der Waals surface area contributed by atoms with Crippen LogP contribution in [0.2, 0.25) is 0 Å². The van der Waals surface area contributed by atoms with Gasteiger partial charge >= 0.3 is 7.12 Å². The highest BCUT2D eigenvalue weighted by molar-refractivity contribution is 7.15. The highest BCUT2D eigenvalue weighted by Crippen LogP contribution is 2.33. The molecule has 1 unspecified atom stereocenters. The molecule has 0 fully saturated rings. The van der Waals surface area contributed by atoms with Crippen LogP contribution in [0.3, 0.4) is 0 Å². The Labute approximate surface area is 137 Å². The van der Waals surface area contributed by atoms with Crippen LogP contribution in [0.4, 0.5) is 0 Å². The Kier molecular flexibility index (Phi) is 4.25. The zero-order valence-corrected chi connectivity index (χ0v) is 13.5. The van der Waals surface area contributed by atoms with Crippen molar-refractivity contribution in [1.82, 2.24) is 4.98 Å². The van der Waals surface area contributed by atoms with E-state index in [0.717, 1.165) is 34.3 Å². The van der Waals surface area contributed by atoms with Crippen LogP contribution >= 0.6 is 11.3 Å². The third-order valence-electron chi connectivity index (χ3n) is 3.69. The number of benzene rings is 1. The summed E-state index contributed by atoms with van der Waals surface area (Å²) in [5.41, 5.74) is 8.25. The van der Waals surface area contributed by atoms with Gasteiger partial charge in [-0.1, -0.05) is 23.4 Å². The normalized spacial score (nSPS) is 17.4. The smallest absolute Gasteiger partial charge is 0.431 e. The van der Waals surface area contributed by atoms with E-state index in [1.165, 1.54) is 6.20 Å². The molecule has 1 aliphatic heterocycles. The van der Waals surface area contributed by atoms with Crippen molar-refractivity contribution in [1.29, 1.82) is 0 Å². The van der Waals surface area contributed by atoms with E-state index in [0.29, 0.717) is 15.8 Å². The summed E-state index contributed by atoms with van der Waals surface area (Å²) in [6, 6.07) is 3.64. The van der Waals surface area contributed by atoms with Crippen molar-refractivity contribution < 1.29 is 19.6 Å². The summed E-state index contributed by atoms with van der Waals surface area (Å²) in [6.07, 6.45) is 2.17. The lowest BCUT2D eigenvalue weighted by Gasteiger charge is -2.12. The molecule has 3 rings (SSSR count). The van der Waals surface area contributed by atoms with Crippen LogP contribution in [0.5, 0.6) is 10.9 Å². The van der Waals surface area contributed by atoms with Crippen molar-refractivity contribution in [2.24, 2.45) is 10.9 Å². The van der Waals surface area contributed by atoms with Crippen molar-refractivity contribution in [3.05, 3.63) is 34.3 Å². The van der Waals surface area contributed by atoms with E-state index in [9.17, 15) is 5.02 Å². The minimum absolute atomic E-state index is 0.0166. The number of oxime groups is 1. The first kappa shape index (κ1) is 15.8. The van der Waals surface area contributed by atoms with E-state index in [1.54, 1.807) is 6.07 Å². The summed E-state index contributed by atoms with van der Waals surface area (Å²) in [7, 11) is -0.943. The number of ether oxygens (including phenoxy) is 1. The van der Waals surface area contributed by atoms with Gasteiger partial charge in [-0.2, -0.15) is 0 Å². The second-order valence-electron chi connectivity index (χ2n) is 5.21. The SMILES string of the molecule is CCC1OB(O)c2cc(Oc3ncc(/C(N)=N\O)s3)cc(C)c21. The molecule has 0 saturated carbocycles. The fourth-order valence-electron chi connectivity index (χ4n) is 2.67. The summed E-state index contributed by atoms with van der Waals surface area (Å²) < 4.78 is 11.3. The molecular formula is C14H16BN3O4S. The molecule has 1 aliphatic rings. The van der Waals surface area contributed by atoms with E-state index < -0.39 is 7.12 Å². The fourth-order valence-corrected chi connectivity index (χ4v) is 3.35. The molecule has 0 aliphatic carbocycles. The van der Waals surface area contributed by atoms with Crippen molar-refractivity contribution in [2.75, 3.05) is 0 Å². The number of amidine groups is 1. The maximum Gasteiger partial charge on any atom is 0.492 e. The Morgan fingerprint density at radius 1 is 1.57 bits per heavy atom. The molecule has 1 aromatic carbocycles.